The van der Waals surface area contributed by atoms with Gasteiger partial charge in [0.25, 0.3) is 0 Å². The van der Waals surface area contributed by atoms with E-state index in [1.807, 2.05) is 0 Å². The molecule has 2 fully saturated rings. The maximum Gasteiger partial charge on any atom is 0.317 e. The number of carboxylic acid groups (broad SMARTS) is 1. The van der Waals surface area contributed by atoms with E-state index in [0.29, 0.717) is 11.5 Å². The van der Waals surface area contributed by atoms with Crippen molar-refractivity contribution in [3.8, 4) is 0 Å². The fourth-order valence-electron chi connectivity index (χ4n) is 3.66. The van der Waals surface area contributed by atoms with Crippen LogP contribution in [0.25, 0.3) is 0 Å². The highest BCUT2D eigenvalue weighted by Crippen LogP contribution is 2.38. The first-order valence-electron chi connectivity index (χ1n) is 8.32. The maximum atomic E-state index is 11.1. The van der Waals surface area contributed by atoms with Gasteiger partial charge in [-0.2, -0.15) is 0 Å². The van der Waals surface area contributed by atoms with Gasteiger partial charge < -0.3 is 5.11 Å². The molecule has 2 rings (SSSR count). The van der Waals surface area contributed by atoms with Gasteiger partial charge in [0.2, 0.25) is 0 Å². The average molecular weight is 281 g/mol. The highest BCUT2D eigenvalue weighted by Gasteiger charge is 2.33. The molecule has 0 saturated heterocycles. The molecule has 3 heteroatoms. The summed E-state index contributed by atoms with van der Waals surface area (Å²) in [5.41, 5.74) is 0.392. The Hall–Kier alpha value is -0.570. The van der Waals surface area contributed by atoms with Crippen LogP contribution in [0, 0.1) is 17.3 Å². The molecule has 2 unspecified atom stereocenters. The number of carbonyl (C=O) groups is 1. The van der Waals surface area contributed by atoms with Crippen molar-refractivity contribution in [2.45, 2.75) is 71.8 Å². The Balaban J connectivity index is 1.93. The molecule has 0 aromatic heterocycles. The second-order valence-corrected chi connectivity index (χ2v) is 7.99. The Kier molecular flexibility index (Phi) is 5.11. The van der Waals surface area contributed by atoms with E-state index in [1.54, 1.807) is 0 Å². The summed E-state index contributed by atoms with van der Waals surface area (Å²) < 4.78 is 0. The van der Waals surface area contributed by atoms with Gasteiger partial charge in [0.05, 0.1) is 6.54 Å². The van der Waals surface area contributed by atoms with Gasteiger partial charge in [-0.3, -0.25) is 9.69 Å². The van der Waals surface area contributed by atoms with E-state index in [1.165, 1.54) is 44.9 Å². The lowest BCUT2D eigenvalue weighted by Crippen LogP contribution is -2.40. The first kappa shape index (κ1) is 15.8. The van der Waals surface area contributed by atoms with Gasteiger partial charge in [0.15, 0.2) is 0 Å². The Morgan fingerprint density at radius 1 is 1.10 bits per heavy atom. The number of hydrogen-bond donors (Lipinski definition) is 1. The quantitative estimate of drug-likeness (QED) is 0.780. The van der Waals surface area contributed by atoms with E-state index < -0.39 is 5.97 Å². The molecular formula is C17H31NO2. The molecule has 20 heavy (non-hydrogen) atoms. The molecule has 2 aliphatic carbocycles. The third-order valence-electron chi connectivity index (χ3n) is 5.21. The largest absolute Gasteiger partial charge is 0.480 e. The SMILES string of the molecule is CC(C)(C)C1CCCC(N(CC(=O)O)CC2CC2)CC1. The molecule has 0 amide bonds. The molecule has 0 aliphatic heterocycles. The Labute approximate surface area is 123 Å². The van der Waals surface area contributed by atoms with Crippen molar-refractivity contribution in [3.63, 3.8) is 0 Å². The molecule has 116 valence electrons. The fourth-order valence-corrected chi connectivity index (χ4v) is 3.66. The van der Waals surface area contributed by atoms with Gasteiger partial charge in [-0.05, 0) is 55.8 Å². The minimum atomic E-state index is -0.665. The zero-order valence-corrected chi connectivity index (χ0v) is 13.4. The van der Waals surface area contributed by atoms with Gasteiger partial charge >= 0.3 is 5.97 Å². The van der Waals surface area contributed by atoms with Crippen LogP contribution < -0.4 is 0 Å². The number of carboxylic acids is 1. The van der Waals surface area contributed by atoms with E-state index in [4.69, 9.17) is 5.11 Å². The average Bonchev–Trinajstić information content (AvgIpc) is 3.11. The van der Waals surface area contributed by atoms with Crippen LogP contribution in [-0.2, 0) is 4.79 Å². The van der Waals surface area contributed by atoms with Crippen molar-refractivity contribution in [2.24, 2.45) is 17.3 Å². The van der Waals surface area contributed by atoms with Crippen molar-refractivity contribution in [1.82, 2.24) is 4.90 Å². The predicted molar refractivity (Wildman–Crippen MR) is 81.8 cm³/mol. The normalized spacial score (nSPS) is 28.4. The van der Waals surface area contributed by atoms with Gasteiger partial charge in [-0.25, -0.2) is 0 Å². The molecule has 0 spiro atoms. The van der Waals surface area contributed by atoms with Gasteiger partial charge in [0.1, 0.15) is 0 Å². The summed E-state index contributed by atoms with van der Waals surface area (Å²) in [6.45, 7) is 8.28. The second-order valence-electron chi connectivity index (χ2n) is 7.99. The van der Waals surface area contributed by atoms with Crippen LogP contribution in [-0.4, -0.2) is 35.1 Å². The monoisotopic (exact) mass is 281 g/mol. The number of hydrogen-bond acceptors (Lipinski definition) is 2. The Morgan fingerprint density at radius 2 is 1.80 bits per heavy atom. The minimum absolute atomic E-state index is 0.237. The molecule has 0 bridgehead atoms. The first-order valence-corrected chi connectivity index (χ1v) is 8.32. The van der Waals surface area contributed by atoms with E-state index >= 15 is 0 Å². The van der Waals surface area contributed by atoms with Crippen LogP contribution in [0.2, 0.25) is 0 Å². The van der Waals surface area contributed by atoms with E-state index in [-0.39, 0.29) is 6.54 Å². The molecule has 0 aromatic rings. The molecule has 1 N–H and O–H groups in total. The number of rotatable bonds is 5. The van der Waals surface area contributed by atoms with Gasteiger partial charge in [-0.15, -0.1) is 0 Å². The van der Waals surface area contributed by atoms with Crippen LogP contribution in [0.3, 0.4) is 0 Å². The highest BCUT2D eigenvalue weighted by molar-refractivity contribution is 5.69. The maximum absolute atomic E-state index is 11.1. The van der Waals surface area contributed by atoms with Crippen LogP contribution in [0.4, 0.5) is 0 Å². The summed E-state index contributed by atoms with van der Waals surface area (Å²) >= 11 is 0. The molecule has 3 nitrogen and oxygen atoms in total. The van der Waals surface area contributed by atoms with Crippen LogP contribution in [0.5, 0.6) is 0 Å². The Bertz CT molecular complexity index is 330. The Morgan fingerprint density at radius 3 is 2.35 bits per heavy atom. The van der Waals surface area contributed by atoms with Crippen molar-refractivity contribution in [1.29, 1.82) is 0 Å². The molecule has 2 saturated carbocycles. The molecule has 2 atom stereocenters. The molecule has 0 radical (unpaired) electrons. The summed E-state index contributed by atoms with van der Waals surface area (Å²) in [4.78, 5) is 13.4. The summed E-state index contributed by atoms with van der Waals surface area (Å²) in [5, 5.41) is 9.16. The smallest absolute Gasteiger partial charge is 0.317 e. The lowest BCUT2D eigenvalue weighted by molar-refractivity contribution is -0.139. The van der Waals surface area contributed by atoms with Crippen molar-refractivity contribution < 1.29 is 9.90 Å². The fraction of sp³-hybridized carbons (Fsp3) is 0.941. The number of aliphatic carboxylic acids is 1. The van der Waals surface area contributed by atoms with E-state index in [9.17, 15) is 4.79 Å². The predicted octanol–water partition coefficient (Wildman–Crippen LogP) is 3.78. The lowest BCUT2D eigenvalue weighted by atomic mass is 9.76. The number of nitrogens with zero attached hydrogens (tertiary/aromatic N) is 1. The highest BCUT2D eigenvalue weighted by atomic mass is 16.4. The molecular weight excluding hydrogens is 250 g/mol. The standard InChI is InChI=1S/C17H31NO2/c1-17(2,3)14-5-4-6-15(10-9-14)18(12-16(19)20)11-13-7-8-13/h13-15H,4-12H2,1-3H3,(H,19,20). The second kappa shape index (κ2) is 6.46. The zero-order valence-electron chi connectivity index (χ0n) is 13.4. The lowest BCUT2D eigenvalue weighted by Gasteiger charge is -2.31. The summed E-state index contributed by atoms with van der Waals surface area (Å²) in [6, 6.07) is 0.499. The molecule has 0 heterocycles. The van der Waals surface area contributed by atoms with Crippen LogP contribution >= 0.6 is 0 Å². The zero-order chi connectivity index (χ0) is 14.8. The van der Waals surface area contributed by atoms with Crippen LogP contribution in [0.1, 0.15) is 65.7 Å². The summed E-state index contributed by atoms with van der Waals surface area (Å²) in [6.07, 6.45) is 8.79. The summed E-state index contributed by atoms with van der Waals surface area (Å²) in [7, 11) is 0. The van der Waals surface area contributed by atoms with Gasteiger partial charge in [0, 0.05) is 12.6 Å². The van der Waals surface area contributed by atoms with Crippen LogP contribution in [0.15, 0.2) is 0 Å². The summed E-state index contributed by atoms with van der Waals surface area (Å²) in [5.74, 6) is 0.901. The van der Waals surface area contributed by atoms with E-state index in [0.717, 1.165) is 18.4 Å². The van der Waals surface area contributed by atoms with E-state index in [2.05, 4.69) is 25.7 Å². The third kappa shape index (κ3) is 4.76. The van der Waals surface area contributed by atoms with Crippen molar-refractivity contribution in [3.05, 3.63) is 0 Å². The topological polar surface area (TPSA) is 40.5 Å². The third-order valence-corrected chi connectivity index (χ3v) is 5.21. The minimum Gasteiger partial charge on any atom is -0.480 e. The molecule has 0 aromatic carbocycles. The first-order chi connectivity index (χ1) is 9.36. The van der Waals surface area contributed by atoms with Gasteiger partial charge in [-0.1, -0.05) is 27.2 Å². The van der Waals surface area contributed by atoms with Crippen molar-refractivity contribution >= 4 is 5.97 Å². The van der Waals surface area contributed by atoms with Crippen molar-refractivity contribution in [2.75, 3.05) is 13.1 Å². The molecule has 2 aliphatic rings.